The minimum absolute atomic E-state index is 0.472. The first kappa shape index (κ1) is 12.9. The predicted octanol–water partition coefficient (Wildman–Crippen LogP) is 4.11. The summed E-state index contributed by atoms with van der Waals surface area (Å²) >= 11 is 11.1. The Balaban J connectivity index is 2.32. The largest absolute Gasteiger partial charge is 0.326 e. The van der Waals surface area contributed by atoms with Gasteiger partial charge in [-0.25, -0.2) is 4.98 Å². The Morgan fingerprint density at radius 3 is 2.76 bits per heavy atom. The summed E-state index contributed by atoms with van der Waals surface area (Å²) in [6.45, 7) is 0.472. The van der Waals surface area contributed by atoms with Crippen LogP contribution in [0.15, 0.2) is 50.9 Å². The van der Waals surface area contributed by atoms with Crippen molar-refractivity contribution in [1.29, 1.82) is 0 Å². The molecule has 2 N–H and O–H groups in total. The first-order valence-electron chi connectivity index (χ1n) is 4.97. The Morgan fingerprint density at radius 2 is 2.12 bits per heavy atom. The van der Waals surface area contributed by atoms with E-state index in [-0.39, 0.29) is 0 Å². The third kappa shape index (κ3) is 3.22. The molecule has 0 bridgehead atoms. The van der Waals surface area contributed by atoms with Crippen LogP contribution in [-0.4, -0.2) is 4.98 Å². The maximum absolute atomic E-state index is 6.18. The molecule has 5 heteroatoms. The average molecular weight is 330 g/mol. The molecule has 0 aliphatic carbocycles. The molecule has 1 aromatic heterocycles. The second-order valence-corrected chi connectivity index (χ2v) is 5.70. The molecule has 0 unspecified atom stereocenters. The van der Waals surface area contributed by atoms with Crippen molar-refractivity contribution in [3.8, 4) is 0 Å². The van der Waals surface area contributed by atoms with Crippen LogP contribution in [0.25, 0.3) is 0 Å². The van der Waals surface area contributed by atoms with E-state index in [0.29, 0.717) is 11.6 Å². The lowest BCUT2D eigenvalue weighted by Gasteiger charge is -2.08. The standard InChI is InChI=1S/C12H10BrClN2S/c13-9-4-5-11(16-7-9)17-12-8(6-15)2-1-3-10(12)14/h1-5,7H,6,15H2. The topological polar surface area (TPSA) is 38.9 Å². The van der Waals surface area contributed by atoms with Gasteiger partial charge in [-0.2, -0.15) is 0 Å². The first-order chi connectivity index (χ1) is 8.20. The molecule has 0 radical (unpaired) electrons. The van der Waals surface area contributed by atoms with Crippen LogP contribution in [-0.2, 0) is 6.54 Å². The molecule has 1 aromatic carbocycles. The molecule has 0 spiro atoms. The van der Waals surface area contributed by atoms with Gasteiger partial charge >= 0.3 is 0 Å². The SMILES string of the molecule is NCc1cccc(Cl)c1Sc1ccc(Br)cn1. The van der Waals surface area contributed by atoms with E-state index in [1.165, 1.54) is 11.8 Å². The van der Waals surface area contributed by atoms with Gasteiger partial charge in [0.15, 0.2) is 0 Å². The fourth-order valence-corrected chi connectivity index (χ4v) is 2.80. The normalized spacial score (nSPS) is 10.5. The lowest BCUT2D eigenvalue weighted by molar-refractivity contribution is 1.02. The molecule has 0 amide bonds. The first-order valence-corrected chi connectivity index (χ1v) is 6.96. The smallest absolute Gasteiger partial charge is 0.101 e. The fraction of sp³-hybridized carbons (Fsp3) is 0.0833. The minimum Gasteiger partial charge on any atom is -0.326 e. The summed E-state index contributed by atoms with van der Waals surface area (Å²) in [5.41, 5.74) is 6.73. The van der Waals surface area contributed by atoms with E-state index in [9.17, 15) is 0 Å². The highest BCUT2D eigenvalue weighted by Crippen LogP contribution is 2.35. The number of hydrogen-bond donors (Lipinski definition) is 1. The van der Waals surface area contributed by atoms with Crippen molar-refractivity contribution in [2.45, 2.75) is 16.5 Å². The monoisotopic (exact) mass is 328 g/mol. The van der Waals surface area contributed by atoms with Crippen LogP contribution in [0.2, 0.25) is 5.02 Å². The number of aromatic nitrogens is 1. The zero-order valence-corrected chi connectivity index (χ0v) is 12.0. The molecule has 88 valence electrons. The summed E-state index contributed by atoms with van der Waals surface area (Å²) in [6.07, 6.45) is 1.77. The fourth-order valence-electron chi connectivity index (χ4n) is 1.36. The minimum atomic E-state index is 0.472. The van der Waals surface area contributed by atoms with Gasteiger partial charge in [0, 0.05) is 22.1 Å². The van der Waals surface area contributed by atoms with Crippen molar-refractivity contribution in [2.24, 2.45) is 5.73 Å². The summed E-state index contributed by atoms with van der Waals surface area (Å²) in [6, 6.07) is 9.64. The van der Waals surface area contributed by atoms with Crippen molar-refractivity contribution in [2.75, 3.05) is 0 Å². The highest BCUT2D eigenvalue weighted by molar-refractivity contribution is 9.10. The Morgan fingerprint density at radius 1 is 1.29 bits per heavy atom. The lowest BCUT2D eigenvalue weighted by Crippen LogP contribution is -1.98. The Hall–Kier alpha value is -0.550. The number of hydrogen-bond acceptors (Lipinski definition) is 3. The summed E-state index contributed by atoms with van der Waals surface area (Å²) in [5, 5.41) is 1.61. The molecule has 1 heterocycles. The van der Waals surface area contributed by atoms with E-state index in [0.717, 1.165) is 20.0 Å². The van der Waals surface area contributed by atoms with Gasteiger partial charge in [0.05, 0.1) is 5.02 Å². The molecule has 0 saturated carbocycles. The molecule has 2 nitrogen and oxygen atoms in total. The summed E-state index contributed by atoms with van der Waals surface area (Å²) < 4.78 is 0.958. The highest BCUT2D eigenvalue weighted by atomic mass is 79.9. The molecular weight excluding hydrogens is 320 g/mol. The number of nitrogens with zero attached hydrogens (tertiary/aromatic N) is 1. The third-order valence-electron chi connectivity index (χ3n) is 2.18. The lowest BCUT2D eigenvalue weighted by atomic mass is 10.2. The maximum atomic E-state index is 6.18. The molecule has 0 fully saturated rings. The van der Waals surface area contributed by atoms with Gasteiger partial charge in [-0.05, 0) is 39.7 Å². The van der Waals surface area contributed by atoms with Crippen LogP contribution in [0.5, 0.6) is 0 Å². The zero-order chi connectivity index (χ0) is 12.3. The van der Waals surface area contributed by atoms with Crippen LogP contribution in [0.4, 0.5) is 0 Å². The van der Waals surface area contributed by atoms with E-state index < -0.39 is 0 Å². The molecule has 0 saturated heterocycles. The number of nitrogens with two attached hydrogens (primary N) is 1. The van der Waals surface area contributed by atoms with E-state index in [4.69, 9.17) is 17.3 Å². The van der Waals surface area contributed by atoms with Gasteiger partial charge in [0.2, 0.25) is 0 Å². The molecule has 2 aromatic rings. The second kappa shape index (κ2) is 5.87. The molecule has 2 rings (SSSR count). The maximum Gasteiger partial charge on any atom is 0.101 e. The van der Waals surface area contributed by atoms with Gasteiger partial charge in [-0.15, -0.1) is 0 Å². The number of benzene rings is 1. The molecule has 0 atom stereocenters. The molecule has 17 heavy (non-hydrogen) atoms. The summed E-state index contributed by atoms with van der Waals surface area (Å²) in [5.74, 6) is 0. The van der Waals surface area contributed by atoms with Gasteiger partial charge in [-0.1, -0.05) is 35.5 Å². The predicted molar refractivity (Wildman–Crippen MR) is 75.4 cm³/mol. The Kier molecular flexibility index (Phi) is 4.45. The van der Waals surface area contributed by atoms with Crippen LogP contribution in [0, 0.1) is 0 Å². The molecule has 0 aliphatic rings. The molecule has 0 aliphatic heterocycles. The van der Waals surface area contributed by atoms with E-state index >= 15 is 0 Å². The van der Waals surface area contributed by atoms with Crippen molar-refractivity contribution < 1.29 is 0 Å². The van der Waals surface area contributed by atoms with E-state index in [1.54, 1.807) is 6.20 Å². The Labute approximate surface area is 118 Å². The number of rotatable bonds is 3. The highest BCUT2D eigenvalue weighted by Gasteiger charge is 2.08. The van der Waals surface area contributed by atoms with Crippen molar-refractivity contribution >= 4 is 39.3 Å². The number of halogens is 2. The second-order valence-electron chi connectivity index (χ2n) is 3.35. The van der Waals surface area contributed by atoms with Crippen molar-refractivity contribution in [3.05, 3.63) is 51.6 Å². The van der Waals surface area contributed by atoms with Gasteiger partial charge in [-0.3, -0.25) is 0 Å². The average Bonchev–Trinajstić information content (AvgIpc) is 2.34. The van der Waals surface area contributed by atoms with E-state index in [2.05, 4.69) is 20.9 Å². The van der Waals surface area contributed by atoms with Crippen molar-refractivity contribution in [1.82, 2.24) is 4.98 Å². The van der Waals surface area contributed by atoms with Gasteiger partial charge in [0.25, 0.3) is 0 Å². The number of pyridine rings is 1. The van der Waals surface area contributed by atoms with Crippen molar-refractivity contribution in [3.63, 3.8) is 0 Å². The summed E-state index contributed by atoms with van der Waals surface area (Å²) in [4.78, 5) is 5.28. The molecular formula is C12H10BrClN2S. The van der Waals surface area contributed by atoms with Crippen LogP contribution < -0.4 is 5.73 Å². The quantitative estimate of drug-likeness (QED) is 0.921. The van der Waals surface area contributed by atoms with Crippen LogP contribution >= 0.6 is 39.3 Å². The van der Waals surface area contributed by atoms with Gasteiger partial charge < -0.3 is 5.73 Å². The van der Waals surface area contributed by atoms with Crippen LogP contribution in [0.3, 0.4) is 0 Å². The summed E-state index contributed by atoms with van der Waals surface area (Å²) in [7, 11) is 0. The van der Waals surface area contributed by atoms with Crippen LogP contribution in [0.1, 0.15) is 5.56 Å². The zero-order valence-electron chi connectivity index (χ0n) is 8.86. The Bertz CT molecular complexity index is 516. The van der Waals surface area contributed by atoms with Gasteiger partial charge in [0.1, 0.15) is 5.03 Å². The van der Waals surface area contributed by atoms with E-state index in [1.807, 2.05) is 30.3 Å². The third-order valence-corrected chi connectivity index (χ3v) is 4.21.